The van der Waals surface area contributed by atoms with Crippen LogP contribution in [0.15, 0.2) is 58.4 Å². The summed E-state index contributed by atoms with van der Waals surface area (Å²) < 4.78 is 54.5. The van der Waals surface area contributed by atoms with E-state index < -0.39 is 35.5 Å². The van der Waals surface area contributed by atoms with Crippen molar-refractivity contribution in [1.82, 2.24) is 28.9 Å². The van der Waals surface area contributed by atoms with Gasteiger partial charge in [-0.1, -0.05) is 6.07 Å². The van der Waals surface area contributed by atoms with Gasteiger partial charge in [-0.15, -0.1) is 0 Å². The number of nitrogens with zero attached hydrogens (tertiary/aromatic N) is 7. The highest BCUT2D eigenvalue weighted by atomic mass is 19.3. The maximum atomic E-state index is 16.5. The second kappa shape index (κ2) is 14.2. The van der Waals surface area contributed by atoms with Crippen LogP contribution in [-0.4, -0.2) is 108 Å². The van der Waals surface area contributed by atoms with Crippen molar-refractivity contribution in [1.29, 1.82) is 0 Å². The molecule has 17 heteroatoms. The average Bonchev–Trinajstić information content (AvgIpc) is 3.43. The van der Waals surface area contributed by atoms with Crippen LogP contribution in [0.5, 0.6) is 11.5 Å². The summed E-state index contributed by atoms with van der Waals surface area (Å²) in [5, 5.41) is 3.50. The number of rotatable bonds is 9. The second-order valence-corrected chi connectivity index (χ2v) is 16.3. The Morgan fingerprint density at radius 3 is 2.32 bits per heavy atom. The zero-order chi connectivity index (χ0) is 41.5. The van der Waals surface area contributed by atoms with Crippen LogP contribution in [0.25, 0.3) is 32.9 Å². The largest absolute Gasteiger partial charge is 0.496 e. The molecule has 0 bridgehead atoms. The Hall–Kier alpha value is -5.81. The maximum absolute atomic E-state index is 16.5. The smallest absolute Gasteiger partial charge is 0.329 e. The first-order valence-electron chi connectivity index (χ1n) is 19.7. The number of carbonyl (C=O) groups excluding carboxylic acids is 2. The molecule has 1 atom stereocenters. The molecule has 3 aromatic heterocycles. The van der Waals surface area contributed by atoms with E-state index in [9.17, 15) is 19.2 Å². The number of anilines is 2. The zero-order valence-electron chi connectivity index (χ0n) is 33.6. The number of para-hydroxylation sites is 1. The first-order chi connectivity index (χ1) is 28.3. The predicted molar refractivity (Wildman–Crippen MR) is 217 cm³/mol. The Labute approximate surface area is 337 Å². The number of benzene rings is 2. The van der Waals surface area contributed by atoms with E-state index in [1.807, 2.05) is 29.2 Å². The van der Waals surface area contributed by atoms with Crippen molar-refractivity contribution in [3.8, 4) is 22.6 Å². The molecule has 2 amide bonds. The molecule has 0 radical (unpaired) electrons. The summed E-state index contributed by atoms with van der Waals surface area (Å²) in [6.07, 6.45) is 4.06. The van der Waals surface area contributed by atoms with Gasteiger partial charge in [0.05, 0.1) is 60.0 Å². The lowest BCUT2D eigenvalue weighted by molar-refractivity contribution is -0.181. The number of alkyl halides is 2. The highest BCUT2D eigenvalue weighted by Crippen LogP contribution is 2.52. The van der Waals surface area contributed by atoms with Crippen molar-refractivity contribution < 1.29 is 32.6 Å². The number of carbonyl (C=O) groups is 2. The number of methoxy groups -OCH3 is 3. The van der Waals surface area contributed by atoms with Crippen LogP contribution < -0.4 is 35.8 Å². The summed E-state index contributed by atoms with van der Waals surface area (Å²) >= 11 is 0. The molecule has 7 heterocycles. The van der Waals surface area contributed by atoms with Crippen molar-refractivity contribution in [2.75, 3.05) is 70.4 Å². The SMILES string of the molecule is COc1cc(-c2cn(C)c(=O)c3cnc(N4CC(OC)C4)cc23)cc(OC)c1CN1CCC2(CN(c3cccc4c3n(C)c(=O)n4C3CCC(=O)NC3=O)C2)C(F)(F)C1. The topological polar surface area (TPSA) is 145 Å². The predicted octanol–water partition coefficient (Wildman–Crippen LogP) is 3.43. The fourth-order valence-electron chi connectivity index (χ4n) is 9.41. The zero-order valence-corrected chi connectivity index (χ0v) is 33.6. The van der Waals surface area contributed by atoms with Crippen molar-refractivity contribution in [3.05, 3.63) is 75.2 Å². The fourth-order valence-corrected chi connectivity index (χ4v) is 9.41. The summed E-state index contributed by atoms with van der Waals surface area (Å²) in [5.74, 6) is -2.27. The third kappa shape index (κ3) is 6.15. The number of fused-ring (bicyclic) bond motifs is 2. The molecule has 4 fully saturated rings. The number of pyridine rings is 2. The highest BCUT2D eigenvalue weighted by molar-refractivity contribution is 6.01. The van der Waals surface area contributed by atoms with Crippen LogP contribution in [0.1, 0.15) is 30.9 Å². The molecule has 310 valence electrons. The van der Waals surface area contributed by atoms with Crippen molar-refractivity contribution >= 4 is 45.1 Å². The number of likely N-dealkylation sites (tertiary alicyclic amines) is 1. The summed E-state index contributed by atoms with van der Waals surface area (Å²) in [6.45, 7) is 1.70. The van der Waals surface area contributed by atoms with E-state index >= 15 is 8.78 Å². The Bertz CT molecular complexity index is 2640. The van der Waals surface area contributed by atoms with Gasteiger partial charge >= 0.3 is 5.69 Å². The van der Waals surface area contributed by atoms with Crippen LogP contribution >= 0.6 is 0 Å². The van der Waals surface area contributed by atoms with Gasteiger partial charge in [-0.25, -0.2) is 18.6 Å². The molecular formula is C42H46F2N8O7. The molecule has 4 aliphatic heterocycles. The minimum Gasteiger partial charge on any atom is -0.496 e. The molecule has 0 saturated carbocycles. The van der Waals surface area contributed by atoms with Gasteiger partial charge in [0.2, 0.25) is 11.8 Å². The molecule has 1 N–H and O–H groups in total. The lowest BCUT2D eigenvalue weighted by Gasteiger charge is -2.58. The maximum Gasteiger partial charge on any atom is 0.329 e. The molecular weight excluding hydrogens is 767 g/mol. The summed E-state index contributed by atoms with van der Waals surface area (Å²) in [7, 11) is 8.06. The van der Waals surface area contributed by atoms with Crippen LogP contribution in [-0.2, 0) is 35.0 Å². The van der Waals surface area contributed by atoms with Crippen LogP contribution in [0.3, 0.4) is 0 Å². The molecule has 5 aromatic rings. The Morgan fingerprint density at radius 1 is 0.932 bits per heavy atom. The Kier molecular flexibility index (Phi) is 9.30. The summed E-state index contributed by atoms with van der Waals surface area (Å²) in [6, 6.07) is 10.1. The second-order valence-electron chi connectivity index (χ2n) is 16.3. The van der Waals surface area contributed by atoms with E-state index in [4.69, 9.17) is 14.2 Å². The quantitative estimate of drug-likeness (QED) is 0.219. The van der Waals surface area contributed by atoms with Crippen molar-refractivity contribution in [2.24, 2.45) is 19.5 Å². The number of halogens is 2. The number of ether oxygens (including phenoxy) is 3. The van der Waals surface area contributed by atoms with E-state index in [2.05, 4.69) is 15.2 Å². The molecule has 15 nitrogen and oxygen atoms in total. The van der Waals surface area contributed by atoms with Gasteiger partial charge in [0.15, 0.2) is 0 Å². The van der Waals surface area contributed by atoms with Crippen molar-refractivity contribution in [2.45, 2.75) is 43.9 Å². The summed E-state index contributed by atoms with van der Waals surface area (Å²) in [4.78, 5) is 61.5. The van der Waals surface area contributed by atoms with E-state index in [0.29, 0.717) is 58.8 Å². The van der Waals surface area contributed by atoms with E-state index in [0.717, 1.165) is 22.3 Å². The number of amides is 2. The van der Waals surface area contributed by atoms with Gasteiger partial charge in [0, 0.05) is 83.7 Å². The number of aromatic nitrogens is 4. The molecule has 1 spiro atoms. The van der Waals surface area contributed by atoms with E-state index in [1.54, 1.807) is 50.6 Å². The monoisotopic (exact) mass is 812 g/mol. The Morgan fingerprint density at radius 2 is 1.66 bits per heavy atom. The van der Waals surface area contributed by atoms with E-state index in [1.165, 1.54) is 27.9 Å². The van der Waals surface area contributed by atoms with Gasteiger partial charge in [0.1, 0.15) is 23.4 Å². The van der Waals surface area contributed by atoms with Gasteiger partial charge < -0.3 is 28.6 Å². The minimum atomic E-state index is -3.04. The number of hydrogen-bond acceptors (Lipinski definition) is 11. The van der Waals surface area contributed by atoms with Crippen LogP contribution in [0, 0.1) is 5.41 Å². The number of aryl methyl sites for hydroxylation is 2. The van der Waals surface area contributed by atoms with Gasteiger partial charge in [-0.3, -0.25) is 33.7 Å². The fraction of sp³-hybridized carbons (Fsp3) is 0.452. The normalized spacial score (nSPS) is 20.6. The standard InChI is InChI=1S/C42H46F2N8O7/c1-47-19-28(26-15-35(45-16-27(26)39(47)55)50-17-25(18-50)57-3)24-13-33(58-4)29(34(14-24)59-5)20-49-12-11-41(42(43,44)23-49)21-51(22-41)30-7-6-8-31-37(30)48(2)40(56)52(31)32-9-10-36(53)46-38(32)54/h6-8,13-16,19,25,32H,9-12,17-18,20-23H2,1-5H3,(H,46,53,54). The molecule has 59 heavy (non-hydrogen) atoms. The average molecular weight is 813 g/mol. The number of imide groups is 1. The minimum absolute atomic E-state index is 0.0988. The lowest BCUT2D eigenvalue weighted by Crippen LogP contribution is -2.70. The molecule has 0 aliphatic carbocycles. The first kappa shape index (κ1) is 38.7. The first-order valence-corrected chi connectivity index (χ1v) is 19.7. The van der Waals surface area contributed by atoms with Crippen LogP contribution in [0.4, 0.5) is 20.3 Å². The molecule has 4 saturated heterocycles. The van der Waals surface area contributed by atoms with Crippen molar-refractivity contribution in [3.63, 3.8) is 0 Å². The third-order valence-corrected chi connectivity index (χ3v) is 12.9. The lowest BCUT2D eigenvalue weighted by atomic mass is 9.69. The molecule has 2 aromatic carbocycles. The van der Waals surface area contributed by atoms with Gasteiger partial charge in [-0.2, -0.15) is 0 Å². The Balaban J connectivity index is 0.956. The number of imidazole rings is 1. The van der Waals surface area contributed by atoms with Gasteiger partial charge in [0.25, 0.3) is 11.5 Å². The number of hydrogen-bond donors (Lipinski definition) is 1. The number of nitrogens with one attached hydrogen (secondary N) is 1. The van der Waals surface area contributed by atoms with Crippen LogP contribution in [0.2, 0.25) is 0 Å². The third-order valence-electron chi connectivity index (χ3n) is 12.9. The molecule has 9 rings (SSSR count). The molecule has 1 unspecified atom stereocenters. The van der Waals surface area contributed by atoms with E-state index in [-0.39, 0.29) is 56.5 Å². The van der Waals surface area contributed by atoms with Gasteiger partial charge in [-0.05, 0) is 55.3 Å². The molecule has 4 aliphatic rings. The number of piperidine rings is 2. The highest BCUT2D eigenvalue weighted by Gasteiger charge is 2.62. The summed E-state index contributed by atoms with van der Waals surface area (Å²) in [5.41, 5.74) is 1.99.